The minimum Gasteiger partial charge on any atom is -0.317 e. The molecule has 0 spiro atoms. The molecular formula is C18H20N4OS. The number of thiazole rings is 1. The molecular weight excluding hydrogens is 320 g/mol. The van der Waals surface area contributed by atoms with Crippen LogP contribution in [0.2, 0.25) is 0 Å². The van der Waals surface area contributed by atoms with Gasteiger partial charge >= 0.3 is 0 Å². The Morgan fingerprint density at radius 1 is 1.29 bits per heavy atom. The monoisotopic (exact) mass is 340 g/mol. The van der Waals surface area contributed by atoms with Crippen molar-refractivity contribution in [2.75, 3.05) is 13.1 Å². The van der Waals surface area contributed by atoms with Gasteiger partial charge in [0.25, 0.3) is 0 Å². The fourth-order valence-electron chi connectivity index (χ4n) is 2.68. The van der Waals surface area contributed by atoms with Crippen molar-refractivity contribution in [1.82, 2.24) is 15.7 Å². The SMILES string of the molecule is NNC(=O)Cc1ccc(C#Cc2cnc(C3CCNCC3)s2)cc1. The highest BCUT2D eigenvalue weighted by Crippen LogP contribution is 2.28. The van der Waals surface area contributed by atoms with Crippen molar-refractivity contribution in [3.63, 3.8) is 0 Å². The Kier molecular flexibility index (Phi) is 5.59. The maximum atomic E-state index is 11.2. The van der Waals surface area contributed by atoms with Crippen molar-refractivity contribution in [3.05, 3.63) is 51.5 Å². The van der Waals surface area contributed by atoms with Crippen LogP contribution in [0.4, 0.5) is 0 Å². The Morgan fingerprint density at radius 2 is 2.04 bits per heavy atom. The number of rotatable bonds is 3. The van der Waals surface area contributed by atoms with Crippen LogP contribution in [-0.4, -0.2) is 24.0 Å². The summed E-state index contributed by atoms with van der Waals surface area (Å²) in [4.78, 5) is 16.8. The number of nitrogens with two attached hydrogens (primary N) is 1. The zero-order valence-electron chi connectivity index (χ0n) is 13.3. The second-order valence-electron chi connectivity index (χ2n) is 5.78. The maximum Gasteiger partial charge on any atom is 0.238 e. The maximum absolute atomic E-state index is 11.2. The third-order valence-corrected chi connectivity index (χ3v) is 5.10. The van der Waals surface area contributed by atoms with Gasteiger partial charge in [-0.15, -0.1) is 11.3 Å². The summed E-state index contributed by atoms with van der Waals surface area (Å²) in [7, 11) is 0. The first-order chi connectivity index (χ1) is 11.7. The number of carbonyl (C=O) groups is 1. The highest BCUT2D eigenvalue weighted by Gasteiger charge is 2.17. The molecule has 0 aliphatic carbocycles. The molecule has 1 fully saturated rings. The summed E-state index contributed by atoms with van der Waals surface area (Å²) >= 11 is 1.69. The van der Waals surface area contributed by atoms with Gasteiger partial charge in [-0.1, -0.05) is 18.1 Å². The van der Waals surface area contributed by atoms with Crippen LogP contribution in [0.5, 0.6) is 0 Å². The molecule has 24 heavy (non-hydrogen) atoms. The summed E-state index contributed by atoms with van der Waals surface area (Å²) in [6.45, 7) is 2.14. The molecule has 1 aromatic carbocycles. The van der Waals surface area contributed by atoms with Gasteiger partial charge in [-0.3, -0.25) is 10.2 Å². The van der Waals surface area contributed by atoms with Crippen LogP contribution in [0.15, 0.2) is 30.5 Å². The molecule has 2 aromatic rings. The minimum atomic E-state index is -0.205. The Balaban J connectivity index is 1.64. The van der Waals surface area contributed by atoms with Crippen LogP contribution >= 0.6 is 11.3 Å². The zero-order valence-corrected chi connectivity index (χ0v) is 14.2. The molecule has 0 saturated carbocycles. The van der Waals surface area contributed by atoms with Crippen molar-refractivity contribution in [2.24, 2.45) is 5.84 Å². The number of hydrogen-bond acceptors (Lipinski definition) is 5. The Hall–Kier alpha value is -2.20. The molecule has 1 aromatic heterocycles. The van der Waals surface area contributed by atoms with Crippen LogP contribution in [0.1, 0.15) is 39.8 Å². The number of aromatic nitrogens is 1. The third kappa shape index (κ3) is 4.42. The smallest absolute Gasteiger partial charge is 0.238 e. The van der Waals surface area contributed by atoms with Gasteiger partial charge in [-0.2, -0.15) is 0 Å². The molecule has 1 saturated heterocycles. The third-order valence-electron chi connectivity index (χ3n) is 4.02. The van der Waals surface area contributed by atoms with E-state index >= 15 is 0 Å². The molecule has 4 N–H and O–H groups in total. The molecule has 124 valence electrons. The highest BCUT2D eigenvalue weighted by molar-refractivity contribution is 7.12. The Bertz CT molecular complexity index is 751. The largest absolute Gasteiger partial charge is 0.317 e. The second kappa shape index (κ2) is 8.06. The molecule has 6 heteroatoms. The molecule has 0 bridgehead atoms. The number of carbonyl (C=O) groups excluding carboxylic acids is 1. The van der Waals surface area contributed by atoms with Gasteiger partial charge in [-0.25, -0.2) is 10.8 Å². The lowest BCUT2D eigenvalue weighted by Gasteiger charge is -2.20. The summed E-state index contributed by atoms with van der Waals surface area (Å²) in [5.41, 5.74) is 3.96. The van der Waals surface area contributed by atoms with E-state index in [1.165, 1.54) is 5.01 Å². The minimum absolute atomic E-state index is 0.205. The normalized spacial score (nSPS) is 14.7. The first-order valence-electron chi connectivity index (χ1n) is 8.01. The van der Waals surface area contributed by atoms with E-state index in [-0.39, 0.29) is 12.3 Å². The summed E-state index contributed by atoms with van der Waals surface area (Å²) in [5, 5.41) is 4.57. The quantitative estimate of drug-likeness (QED) is 0.343. The number of piperidine rings is 1. The van der Waals surface area contributed by atoms with Crippen molar-refractivity contribution < 1.29 is 4.79 Å². The first-order valence-corrected chi connectivity index (χ1v) is 8.83. The van der Waals surface area contributed by atoms with Gasteiger partial charge in [0, 0.05) is 11.5 Å². The number of hydrogen-bond donors (Lipinski definition) is 3. The number of benzene rings is 1. The average Bonchev–Trinajstić information content (AvgIpc) is 3.11. The van der Waals surface area contributed by atoms with Crippen LogP contribution < -0.4 is 16.6 Å². The molecule has 1 amide bonds. The van der Waals surface area contributed by atoms with Crippen molar-refractivity contribution >= 4 is 17.2 Å². The molecule has 0 radical (unpaired) electrons. The van der Waals surface area contributed by atoms with E-state index in [1.807, 2.05) is 30.5 Å². The van der Waals surface area contributed by atoms with E-state index in [9.17, 15) is 4.79 Å². The molecule has 2 heterocycles. The van der Waals surface area contributed by atoms with Gasteiger partial charge in [-0.05, 0) is 49.5 Å². The fourth-order valence-corrected chi connectivity index (χ4v) is 3.62. The van der Waals surface area contributed by atoms with Crippen LogP contribution in [0.3, 0.4) is 0 Å². The van der Waals surface area contributed by atoms with Crippen LogP contribution in [0.25, 0.3) is 0 Å². The Morgan fingerprint density at radius 3 is 2.75 bits per heavy atom. The Labute approximate surface area is 145 Å². The molecule has 0 unspecified atom stereocenters. The summed E-state index contributed by atoms with van der Waals surface area (Å²) in [6.07, 6.45) is 4.45. The van der Waals surface area contributed by atoms with Gasteiger partial charge in [0.15, 0.2) is 0 Å². The molecule has 3 rings (SSSR count). The number of nitrogens with zero attached hydrogens (tertiary/aromatic N) is 1. The predicted octanol–water partition coefficient (Wildman–Crippen LogP) is 1.54. The van der Waals surface area contributed by atoms with Gasteiger partial charge in [0.05, 0.1) is 22.5 Å². The van der Waals surface area contributed by atoms with E-state index in [1.54, 1.807) is 11.3 Å². The fraction of sp³-hybridized carbons (Fsp3) is 0.333. The predicted molar refractivity (Wildman–Crippen MR) is 95.4 cm³/mol. The molecule has 1 aliphatic heterocycles. The van der Waals surface area contributed by atoms with Crippen molar-refractivity contribution in [3.8, 4) is 11.8 Å². The number of amides is 1. The van der Waals surface area contributed by atoms with Crippen LogP contribution in [-0.2, 0) is 11.2 Å². The average molecular weight is 340 g/mol. The van der Waals surface area contributed by atoms with E-state index in [0.717, 1.165) is 41.9 Å². The molecule has 1 aliphatic rings. The molecule has 5 nitrogen and oxygen atoms in total. The first kappa shape index (κ1) is 16.7. The molecule has 0 atom stereocenters. The van der Waals surface area contributed by atoms with Crippen molar-refractivity contribution in [2.45, 2.75) is 25.2 Å². The van der Waals surface area contributed by atoms with Gasteiger partial charge in [0.2, 0.25) is 5.91 Å². The summed E-state index contributed by atoms with van der Waals surface area (Å²) in [6, 6.07) is 7.63. The van der Waals surface area contributed by atoms with Gasteiger partial charge in [0.1, 0.15) is 0 Å². The van der Waals surface area contributed by atoms with E-state index in [0.29, 0.717) is 5.92 Å². The van der Waals surface area contributed by atoms with Crippen LogP contribution in [0, 0.1) is 11.8 Å². The van der Waals surface area contributed by atoms with E-state index < -0.39 is 0 Å². The number of nitrogens with one attached hydrogen (secondary N) is 2. The standard InChI is InChI=1S/C18H20N4OS/c19-22-17(23)11-14-3-1-13(2-4-14)5-6-16-12-21-18(24-16)15-7-9-20-10-8-15/h1-4,12,15,20H,7-11,19H2,(H,22,23). The van der Waals surface area contributed by atoms with E-state index in [2.05, 4.69) is 27.6 Å². The summed E-state index contributed by atoms with van der Waals surface area (Å²) < 4.78 is 0. The van der Waals surface area contributed by atoms with Crippen molar-refractivity contribution in [1.29, 1.82) is 0 Å². The lowest BCUT2D eigenvalue weighted by molar-refractivity contribution is -0.120. The second-order valence-corrected chi connectivity index (χ2v) is 6.84. The lowest BCUT2D eigenvalue weighted by Crippen LogP contribution is -2.31. The summed E-state index contributed by atoms with van der Waals surface area (Å²) in [5.74, 6) is 11.8. The topological polar surface area (TPSA) is 80.0 Å². The van der Waals surface area contributed by atoms with E-state index in [4.69, 9.17) is 5.84 Å². The number of hydrazine groups is 1. The lowest BCUT2D eigenvalue weighted by atomic mass is 9.99. The highest BCUT2D eigenvalue weighted by atomic mass is 32.1. The zero-order chi connectivity index (χ0) is 16.8. The van der Waals surface area contributed by atoms with Gasteiger partial charge < -0.3 is 5.32 Å².